The van der Waals surface area contributed by atoms with E-state index >= 15 is 0 Å². The predicted molar refractivity (Wildman–Crippen MR) is 46.5 cm³/mol. The van der Waals surface area contributed by atoms with Crippen molar-refractivity contribution in [3.05, 3.63) is 20.8 Å². The summed E-state index contributed by atoms with van der Waals surface area (Å²) in [6.07, 6.45) is 0. The van der Waals surface area contributed by atoms with Crippen molar-refractivity contribution in [3.8, 4) is 0 Å². The van der Waals surface area contributed by atoms with Crippen LogP contribution in [0.3, 0.4) is 0 Å². The molecule has 14 heavy (non-hydrogen) atoms. The lowest BCUT2D eigenvalue weighted by atomic mass is 10.4. The number of carboxylic acid groups (broad SMARTS) is 1. The summed E-state index contributed by atoms with van der Waals surface area (Å²) in [7, 11) is 0. The van der Waals surface area contributed by atoms with Gasteiger partial charge in [0.15, 0.2) is 10.7 Å². The van der Waals surface area contributed by atoms with Gasteiger partial charge in [-0.05, 0) is 11.8 Å². The lowest BCUT2D eigenvalue weighted by Gasteiger charge is -1.92. The number of carbonyl (C=O) groups is 1. The van der Waals surface area contributed by atoms with E-state index in [1.807, 2.05) is 0 Å². The van der Waals surface area contributed by atoms with E-state index in [0.29, 0.717) is 0 Å². The zero-order valence-corrected chi connectivity index (χ0v) is 7.85. The molecule has 1 rings (SSSR count). The van der Waals surface area contributed by atoms with Gasteiger partial charge in [-0.2, -0.15) is 4.68 Å². The van der Waals surface area contributed by atoms with E-state index in [4.69, 9.17) is 16.7 Å². The van der Waals surface area contributed by atoms with Gasteiger partial charge >= 0.3 is 11.8 Å². The molecule has 1 heterocycles. The van der Waals surface area contributed by atoms with E-state index in [2.05, 4.69) is 5.10 Å². The second-order valence-corrected chi connectivity index (χ2v) is 2.74. The minimum absolute atomic E-state index is 0.204. The molecular weight excluding hydrogens is 214 g/mol. The first kappa shape index (κ1) is 10.5. The Bertz CT molecular complexity index is 400. The molecule has 0 bridgehead atoms. The van der Waals surface area contributed by atoms with E-state index in [0.717, 1.165) is 4.68 Å². The SMILES string of the molecule is CCn1nc([N+](=O)[O-])c(Cl)c1C(=O)O. The first-order chi connectivity index (χ1) is 6.49. The molecule has 0 fully saturated rings. The monoisotopic (exact) mass is 219 g/mol. The molecular formula is C6H6ClN3O4. The standard InChI is InChI=1S/C6H6ClN3O4/c1-2-9-4(6(11)12)3(7)5(8-9)10(13)14/h2H2,1H3,(H,11,12). The molecule has 7 nitrogen and oxygen atoms in total. The summed E-state index contributed by atoms with van der Waals surface area (Å²) < 4.78 is 0.975. The van der Waals surface area contributed by atoms with Gasteiger partial charge in [-0.25, -0.2) is 4.79 Å². The van der Waals surface area contributed by atoms with Crippen LogP contribution in [0.5, 0.6) is 0 Å². The lowest BCUT2D eigenvalue weighted by molar-refractivity contribution is -0.389. The second kappa shape index (κ2) is 3.62. The molecule has 0 aromatic carbocycles. The Morgan fingerprint density at radius 2 is 2.36 bits per heavy atom. The van der Waals surface area contributed by atoms with E-state index in [-0.39, 0.29) is 12.2 Å². The number of hydrogen-bond acceptors (Lipinski definition) is 4. The number of aryl methyl sites for hydroxylation is 1. The van der Waals surface area contributed by atoms with Crippen molar-refractivity contribution in [1.29, 1.82) is 0 Å². The van der Waals surface area contributed by atoms with Crippen molar-refractivity contribution in [2.45, 2.75) is 13.5 Å². The Kier molecular flexibility index (Phi) is 2.70. The minimum atomic E-state index is -1.34. The maximum absolute atomic E-state index is 10.7. The zero-order valence-electron chi connectivity index (χ0n) is 7.10. The van der Waals surface area contributed by atoms with Gasteiger partial charge in [0.1, 0.15) is 0 Å². The van der Waals surface area contributed by atoms with Crippen molar-refractivity contribution in [3.63, 3.8) is 0 Å². The van der Waals surface area contributed by atoms with Crippen LogP contribution in [0.2, 0.25) is 5.02 Å². The molecule has 0 atom stereocenters. The molecule has 1 aromatic heterocycles. The molecule has 0 aliphatic heterocycles. The maximum atomic E-state index is 10.7. The average molecular weight is 220 g/mol. The molecule has 76 valence electrons. The summed E-state index contributed by atoms with van der Waals surface area (Å²) >= 11 is 5.49. The highest BCUT2D eigenvalue weighted by Gasteiger charge is 2.29. The van der Waals surface area contributed by atoms with Crippen LogP contribution in [0.1, 0.15) is 17.4 Å². The molecule has 8 heteroatoms. The van der Waals surface area contributed by atoms with E-state index in [1.165, 1.54) is 0 Å². The van der Waals surface area contributed by atoms with Gasteiger partial charge < -0.3 is 15.2 Å². The third-order valence-electron chi connectivity index (χ3n) is 1.55. The largest absolute Gasteiger partial charge is 0.476 e. The van der Waals surface area contributed by atoms with Gasteiger partial charge in [-0.15, -0.1) is 0 Å². The van der Waals surface area contributed by atoms with Crippen LogP contribution in [0.15, 0.2) is 0 Å². The molecule has 1 aromatic rings. The summed E-state index contributed by atoms with van der Waals surface area (Å²) in [4.78, 5) is 20.2. The Balaban J connectivity index is 3.40. The Labute approximate surface area is 83.0 Å². The maximum Gasteiger partial charge on any atom is 0.409 e. The molecule has 0 saturated heterocycles. The van der Waals surface area contributed by atoms with Crippen LogP contribution in [0, 0.1) is 10.1 Å². The normalized spacial score (nSPS) is 10.1. The minimum Gasteiger partial charge on any atom is -0.476 e. The highest BCUT2D eigenvalue weighted by atomic mass is 35.5. The summed E-state index contributed by atoms with van der Waals surface area (Å²) in [6.45, 7) is 1.81. The Hall–Kier alpha value is -1.63. The van der Waals surface area contributed by atoms with Crippen LogP contribution in [0.25, 0.3) is 0 Å². The highest BCUT2D eigenvalue weighted by Crippen LogP contribution is 2.26. The topological polar surface area (TPSA) is 98.3 Å². The van der Waals surface area contributed by atoms with Crippen molar-refractivity contribution in [2.24, 2.45) is 0 Å². The molecule has 0 amide bonds. The quantitative estimate of drug-likeness (QED) is 0.608. The van der Waals surface area contributed by atoms with Crippen molar-refractivity contribution in [1.82, 2.24) is 9.78 Å². The van der Waals surface area contributed by atoms with Crippen LogP contribution in [0.4, 0.5) is 5.82 Å². The van der Waals surface area contributed by atoms with Gasteiger partial charge in [0.25, 0.3) is 0 Å². The van der Waals surface area contributed by atoms with Crippen LogP contribution < -0.4 is 0 Å². The smallest absolute Gasteiger partial charge is 0.409 e. The number of hydrogen-bond donors (Lipinski definition) is 1. The number of halogens is 1. The molecule has 0 radical (unpaired) electrons. The van der Waals surface area contributed by atoms with Crippen molar-refractivity contribution < 1.29 is 14.8 Å². The average Bonchev–Trinajstić information content (AvgIpc) is 2.42. The first-order valence-corrected chi connectivity index (χ1v) is 4.00. The molecule has 0 unspecified atom stereocenters. The van der Waals surface area contributed by atoms with E-state index in [1.54, 1.807) is 6.92 Å². The van der Waals surface area contributed by atoms with Gasteiger partial charge in [0, 0.05) is 0 Å². The number of carboxylic acids is 1. The third-order valence-corrected chi connectivity index (χ3v) is 1.90. The summed E-state index contributed by atoms with van der Waals surface area (Å²) in [5.41, 5.74) is -0.360. The van der Waals surface area contributed by atoms with Gasteiger partial charge in [-0.3, -0.25) is 0 Å². The van der Waals surface area contributed by atoms with Crippen molar-refractivity contribution in [2.75, 3.05) is 0 Å². The van der Waals surface area contributed by atoms with Gasteiger partial charge in [-0.1, -0.05) is 11.6 Å². The number of rotatable bonds is 3. The number of nitro groups is 1. The summed E-state index contributed by atoms with van der Waals surface area (Å²) in [5, 5.41) is 22.1. The fourth-order valence-corrected chi connectivity index (χ4v) is 1.26. The molecule has 0 aliphatic rings. The lowest BCUT2D eigenvalue weighted by Crippen LogP contribution is -2.08. The van der Waals surface area contributed by atoms with Crippen LogP contribution >= 0.6 is 11.6 Å². The third kappa shape index (κ3) is 1.53. The zero-order chi connectivity index (χ0) is 10.9. The van der Waals surface area contributed by atoms with E-state index < -0.39 is 21.7 Å². The van der Waals surface area contributed by atoms with Gasteiger partial charge in [0.05, 0.1) is 11.6 Å². The fraction of sp³-hybridized carbons (Fsp3) is 0.333. The highest BCUT2D eigenvalue weighted by molar-refractivity contribution is 6.35. The first-order valence-electron chi connectivity index (χ1n) is 3.63. The van der Waals surface area contributed by atoms with E-state index in [9.17, 15) is 14.9 Å². The van der Waals surface area contributed by atoms with Crippen LogP contribution in [-0.2, 0) is 6.54 Å². The second-order valence-electron chi connectivity index (χ2n) is 2.36. The Morgan fingerprint density at radius 3 is 2.64 bits per heavy atom. The molecule has 0 saturated carbocycles. The Morgan fingerprint density at radius 1 is 1.79 bits per heavy atom. The predicted octanol–water partition coefficient (Wildman–Crippen LogP) is 1.16. The molecule has 1 N–H and O–H groups in total. The molecule has 0 spiro atoms. The van der Waals surface area contributed by atoms with Crippen LogP contribution in [-0.4, -0.2) is 25.8 Å². The van der Waals surface area contributed by atoms with Gasteiger partial charge in [0.2, 0.25) is 0 Å². The molecule has 0 aliphatic carbocycles. The summed E-state index contributed by atoms with van der Waals surface area (Å²) in [6, 6.07) is 0. The van der Waals surface area contributed by atoms with Crippen molar-refractivity contribution >= 4 is 23.4 Å². The number of nitrogens with zero attached hydrogens (tertiary/aromatic N) is 3. The summed E-state index contributed by atoms with van der Waals surface area (Å²) in [5.74, 6) is -1.97. The fourth-order valence-electron chi connectivity index (χ4n) is 0.977. The number of aromatic carboxylic acids is 1. The number of aromatic nitrogens is 2.